The van der Waals surface area contributed by atoms with Crippen LogP contribution in [0.4, 0.5) is 8.78 Å². The van der Waals surface area contributed by atoms with Crippen molar-refractivity contribution in [3.8, 4) is 0 Å². The number of carbonyl (C=O) groups is 1. The molecule has 3 atom stereocenters. The third-order valence-corrected chi connectivity index (χ3v) is 6.78. The van der Waals surface area contributed by atoms with E-state index in [2.05, 4.69) is 21.7 Å². The zero-order chi connectivity index (χ0) is 24.2. The van der Waals surface area contributed by atoms with Crippen LogP contribution in [0.15, 0.2) is 65.7 Å². The van der Waals surface area contributed by atoms with Gasteiger partial charge in [0, 0.05) is 37.7 Å². The topological polar surface area (TPSA) is 61.9 Å². The molecule has 0 bridgehead atoms. The van der Waals surface area contributed by atoms with Gasteiger partial charge in [0.1, 0.15) is 0 Å². The van der Waals surface area contributed by atoms with Gasteiger partial charge in [-0.15, -0.1) is 0 Å². The molecule has 1 heterocycles. The molecule has 2 aliphatic rings. The number of alkyl halides is 2. The van der Waals surface area contributed by atoms with E-state index < -0.39 is 29.8 Å². The van der Waals surface area contributed by atoms with Crippen molar-refractivity contribution in [2.24, 2.45) is 10.9 Å². The van der Waals surface area contributed by atoms with Crippen molar-refractivity contribution in [1.29, 1.82) is 0 Å². The number of nitrogens with zero attached hydrogens (tertiary/aromatic N) is 2. The molecule has 1 N–H and O–H groups in total. The van der Waals surface area contributed by atoms with Crippen LogP contribution in [0.3, 0.4) is 0 Å². The molecule has 5 nitrogen and oxygen atoms in total. The highest BCUT2D eigenvalue weighted by atomic mass is 19.3. The molecular formula is C27H31F2N2O3+. The van der Waals surface area contributed by atoms with Gasteiger partial charge in [0.15, 0.2) is 17.9 Å². The summed E-state index contributed by atoms with van der Waals surface area (Å²) in [6, 6.07) is 18.4. The minimum atomic E-state index is -2.88. The third kappa shape index (κ3) is 5.25. The number of rotatable bonds is 9. The Morgan fingerprint density at radius 3 is 2.50 bits per heavy atom. The first-order valence-corrected chi connectivity index (χ1v) is 11.8. The van der Waals surface area contributed by atoms with Crippen molar-refractivity contribution in [3.63, 3.8) is 0 Å². The van der Waals surface area contributed by atoms with Crippen molar-refractivity contribution in [3.05, 3.63) is 71.8 Å². The SMILES string of the molecule is CC1N=CC(CCCOC(=O)[C@](O)(c2ccccc2)[C@@H]2CCC(F)(F)C2)=[N+]1Cc1ccccc1. The number of aliphatic imine (C=N–C) groups is 1. The number of halogens is 2. The molecule has 34 heavy (non-hydrogen) atoms. The molecule has 0 radical (unpaired) electrons. The van der Waals surface area contributed by atoms with Gasteiger partial charge in [-0.3, -0.25) is 0 Å². The van der Waals surface area contributed by atoms with Gasteiger partial charge in [-0.05, 0) is 18.4 Å². The van der Waals surface area contributed by atoms with Crippen LogP contribution < -0.4 is 0 Å². The molecule has 0 aromatic heterocycles. The zero-order valence-electron chi connectivity index (χ0n) is 19.4. The Hall–Kier alpha value is -2.93. The van der Waals surface area contributed by atoms with Crippen LogP contribution in [0, 0.1) is 5.92 Å². The molecule has 7 heteroatoms. The smallest absolute Gasteiger partial charge is 0.343 e. The van der Waals surface area contributed by atoms with E-state index in [1.54, 1.807) is 30.3 Å². The highest BCUT2D eigenvalue weighted by molar-refractivity contribution is 6.28. The maximum atomic E-state index is 13.9. The molecule has 1 fully saturated rings. The lowest BCUT2D eigenvalue weighted by Crippen LogP contribution is -2.44. The number of carbonyl (C=O) groups excluding carboxylic acids is 1. The van der Waals surface area contributed by atoms with Gasteiger partial charge in [0.05, 0.1) is 12.8 Å². The van der Waals surface area contributed by atoms with Gasteiger partial charge in [-0.2, -0.15) is 0 Å². The lowest BCUT2D eigenvalue weighted by molar-refractivity contribution is -0.572. The van der Waals surface area contributed by atoms with E-state index in [0.717, 1.165) is 12.3 Å². The number of esters is 1. The van der Waals surface area contributed by atoms with E-state index in [9.17, 15) is 18.7 Å². The summed E-state index contributed by atoms with van der Waals surface area (Å²) in [6.45, 7) is 2.85. The number of hydrogen-bond donors (Lipinski definition) is 1. The second-order valence-electron chi connectivity index (χ2n) is 9.18. The van der Waals surface area contributed by atoms with Gasteiger partial charge < -0.3 is 9.84 Å². The van der Waals surface area contributed by atoms with Crippen molar-refractivity contribution in [2.45, 2.75) is 63.3 Å². The summed E-state index contributed by atoms with van der Waals surface area (Å²) in [7, 11) is 0. The summed E-state index contributed by atoms with van der Waals surface area (Å²) in [5.74, 6) is -4.64. The van der Waals surface area contributed by atoms with Gasteiger partial charge >= 0.3 is 5.97 Å². The summed E-state index contributed by atoms with van der Waals surface area (Å²) in [5.41, 5.74) is 0.450. The predicted molar refractivity (Wildman–Crippen MR) is 126 cm³/mol. The average molecular weight is 470 g/mol. The van der Waals surface area contributed by atoms with Crippen LogP contribution in [-0.4, -0.2) is 46.3 Å². The molecule has 0 spiro atoms. The van der Waals surface area contributed by atoms with Gasteiger partial charge in [-0.1, -0.05) is 60.7 Å². The Morgan fingerprint density at radius 2 is 1.85 bits per heavy atom. The minimum absolute atomic E-state index is 0.0324. The van der Waals surface area contributed by atoms with E-state index >= 15 is 0 Å². The quantitative estimate of drug-likeness (QED) is 0.329. The van der Waals surface area contributed by atoms with Crippen LogP contribution in [-0.2, 0) is 21.7 Å². The Labute approximate surface area is 198 Å². The fourth-order valence-corrected chi connectivity index (χ4v) is 4.86. The number of benzene rings is 2. The predicted octanol–water partition coefficient (Wildman–Crippen LogP) is 4.72. The Kier molecular flexibility index (Phi) is 7.22. The number of ether oxygens (including phenoxy) is 1. The lowest BCUT2D eigenvalue weighted by Gasteiger charge is -2.32. The zero-order valence-corrected chi connectivity index (χ0v) is 19.4. The van der Waals surface area contributed by atoms with Crippen LogP contribution in [0.1, 0.15) is 50.2 Å². The van der Waals surface area contributed by atoms with Crippen LogP contribution in [0.2, 0.25) is 0 Å². The molecule has 4 rings (SSSR count). The molecule has 2 aromatic rings. The van der Waals surface area contributed by atoms with Crippen molar-refractivity contribution in [2.75, 3.05) is 6.61 Å². The highest BCUT2D eigenvalue weighted by Crippen LogP contribution is 2.47. The first-order valence-electron chi connectivity index (χ1n) is 11.8. The van der Waals surface area contributed by atoms with Crippen molar-refractivity contribution >= 4 is 17.9 Å². The Balaban J connectivity index is 1.40. The van der Waals surface area contributed by atoms with E-state index in [1.807, 2.05) is 31.3 Å². The van der Waals surface area contributed by atoms with Gasteiger partial charge in [-0.25, -0.2) is 23.1 Å². The first kappa shape index (κ1) is 24.2. The molecule has 180 valence electrons. The van der Waals surface area contributed by atoms with Crippen molar-refractivity contribution in [1.82, 2.24) is 0 Å². The van der Waals surface area contributed by atoms with Crippen LogP contribution in [0.5, 0.6) is 0 Å². The Bertz CT molecular complexity index is 1060. The lowest BCUT2D eigenvalue weighted by atomic mass is 9.80. The van der Waals surface area contributed by atoms with E-state index in [4.69, 9.17) is 4.74 Å². The van der Waals surface area contributed by atoms with E-state index in [1.165, 1.54) is 5.56 Å². The average Bonchev–Trinajstić information content (AvgIpc) is 3.39. The standard InChI is InChI=1S/C27H31F2N2O3/c1-20-30-18-24(31(20)19-21-9-4-2-5-10-21)13-8-16-34-25(32)27(33,22-11-6-3-7-12-22)23-14-15-26(28,29)17-23/h2-7,9-12,18,20,23,33H,8,13-17,19H2,1H3/q+1/t20?,23-,27+/m1/s1. The van der Waals surface area contributed by atoms with Gasteiger partial charge in [0.2, 0.25) is 12.1 Å². The summed E-state index contributed by atoms with van der Waals surface area (Å²) in [5, 5.41) is 11.4. The van der Waals surface area contributed by atoms with E-state index in [0.29, 0.717) is 18.4 Å². The molecular weight excluding hydrogens is 438 g/mol. The molecule has 0 amide bonds. The number of hydrogen-bond acceptors (Lipinski definition) is 4. The minimum Gasteiger partial charge on any atom is -0.463 e. The first-order chi connectivity index (χ1) is 16.3. The molecule has 1 aliphatic carbocycles. The molecule has 0 saturated heterocycles. The third-order valence-electron chi connectivity index (χ3n) is 6.78. The normalized spacial score (nSPS) is 23.2. The van der Waals surface area contributed by atoms with Crippen LogP contribution >= 0.6 is 0 Å². The molecule has 1 saturated carbocycles. The summed E-state index contributed by atoms with van der Waals surface area (Å²) in [4.78, 5) is 17.6. The second-order valence-corrected chi connectivity index (χ2v) is 9.18. The summed E-state index contributed by atoms with van der Waals surface area (Å²) < 4.78 is 35.5. The Morgan fingerprint density at radius 1 is 1.18 bits per heavy atom. The maximum Gasteiger partial charge on any atom is 0.343 e. The summed E-state index contributed by atoms with van der Waals surface area (Å²) in [6.07, 6.45) is 2.27. The highest BCUT2D eigenvalue weighted by Gasteiger charge is 2.54. The van der Waals surface area contributed by atoms with Gasteiger partial charge in [0.25, 0.3) is 0 Å². The summed E-state index contributed by atoms with van der Waals surface area (Å²) >= 11 is 0. The van der Waals surface area contributed by atoms with Crippen molar-refractivity contribution < 1.29 is 28.0 Å². The monoisotopic (exact) mass is 469 g/mol. The second kappa shape index (κ2) is 10.1. The molecule has 1 unspecified atom stereocenters. The largest absolute Gasteiger partial charge is 0.463 e. The maximum absolute atomic E-state index is 13.9. The number of aliphatic hydroxyl groups is 1. The van der Waals surface area contributed by atoms with E-state index in [-0.39, 0.29) is 25.6 Å². The van der Waals surface area contributed by atoms with Crippen LogP contribution in [0.25, 0.3) is 0 Å². The molecule has 1 aliphatic heterocycles. The fraction of sp³-hybridized carbons (Fsp3) is 0.444. The molecule has 2 aromatic carbocycles. The fourth-order valence-electron chi connectivity index (χ4n) is 4.86.